The Morgan fingerprint density at radius 1 is 1.04 bits per heavy atom. The van der Waals surface area contributed by atoms with Crippen molar-refractivity contribution in [3.63, 3.8) is 0 Å². The van der Waals surface area contributed by atoms with Crippen molar-refractivity contribution < 1.29 is 9.59 Å². The number of rotatable bonds is 5. The van der Waals surface area contributed by atoms with Gasteiger partial charge in [-0.1, -0.05) is 37.6 Å². The largest absolute Gasteiger partial charge is 0.366 e. The van der Waals surface area contributed by atoms with Crippen LogP contribution in [-0.4, -0.2) is 21.6 Å². The van der Waals surface area contributed by atoms with Gasteiger partial charge in [-0.2, -0.15) is 5.10 Å². The van der Waals surface area contributed by atoms with Crippen LogP contribution in [0.1, 0.15) is 57.3 Å². The second-order valence-electron chi connectivity index (χ2n) is 7.14. The molecule has 0 saturated heterocycles. The lowest BCUT2D eigenvalue weighted by Crippen LogP contribution is -2.18. The van der Waals surface area contributed by atoms with E-state index in [-0.39, 0.29) is 11.8 Å². The van der Waals surface area contributed by atoms with Crippen LogP contribution in [0.5, 0.6) is 0 Å². The van der Waals surface area contributed by atoms with Crippen molar-refractivity contribution >= 4 is 17.5 Å². The number of aryl methyl sites for hydroxylation is 1. The number of carbonyl (C=O) groups is 2. The fourth-order valence-corrected chi connectivity index (χ4v) is 3.21. The molecular formula is C22H24N4O2. The lowest BCUT2D eigenvalue weighted by molar-refractivity contribution is 0.0995. The van der Waals surface area contributed by atoms with E-state index < -0.39 is 5.91 Å². The Labute approximate surface area is 164 Å². The van der Waals surface area contributed by atoms with Crippen molar-refractivity contribution in [2.45, 2.75) is 33.6 Å². The third-order valence-corrected chi connectivity index (χ3v) is 4.72. The number of nitrogens with zero attached hydrogens (tertiary/aromatic N) is 2. The van der Waals surface area contributed by atoms with E-state index in [1.54, 1.807) is 36.0 Å². The first-order valence-corrected chi connectivity index (χ1v) is 9.15. The highest BCUT2D eigenvalue weighted by molar-refractivity contribution is 6.06. The molecule has 2 amide bonds. The maximum absolute atomic E-state index is 13.0. The molecule has 6 heteroatoms. The van der Waals surface area contributed by atoms with E-state index in [4.69, 9.17) is 5.73 Å². The van der Waals surface area contributed by atoms with E-state index in [0.717, 1.165) is 16.9 Å². The number of amides is 2. The van der Waals surface area contributed by atoms with E-state index in [2.05, 4.69) is 10.4 Å². The van der Waals surface area contributed by atoms with Gasteiger partial charge in [0.2, 0.25) is 5.91 Å². The van der Waals surface area contributed by atoms with Gasteiger partial charge in [0.15, 0.2) is 0 Å². The fourth-order valence-electron chi connectivity index (χ4n) is 3.21. The molecule has 0 fully saturated rings. The normalized spacial score (nSPS) is 10.9. The summed E-state index contributed by atoms with van der Waals surface area (Å²) >= 11 is 0. The highest BCUT2D eigenvalue weighted by atomic mass is 16.2. The fraction of sp³-hybridized carbons (Fsp3) is 0.227. The highest BCUT2D eigenvalue weighted by Crippen LogP contribution is 2.25. The zero-order valence-corrected chi connectivity index (χ0v) is 16.5. The topological polar surface area (TPSA) is 90.0 Å². The monoisotopic (exact) mass is 376 g/mol. The van der Waals surface area contributed by atoms with E-state index in [1.807, 2.05) is 45.0 Å². The van der Waals surface area contributed by atoms with Crippen LogP contribution in [0.2, 0.25) is 0 Å². The van der Waals surface area contributed by atoms with E-state index in [9.17, 15) is 9.59 Å². The molecule has 0 aliphatic carbocycles. The van der Waals surface area contributed by atoms with Gasteiger partial charge in [0.1, 0.15) is 0 Å². The van der Waals surface area contributed by atoms with Crippen LogP contribution in [0.4, 0.5) is 5.69 Å². The standard InChI is InChI=1S/C22H24N4O2/c1-13(2)20-18(12-24-26(20)16-10-8-14(3)9-11-16)22(28)25-19-7-5-6-17(15(19)4)21(23)27/h5-13H,1-4H3,(H2,23,27)(H,25,28). The van der Waals surface area contributed by atoms with Crippen LogP contribution >= 0.6 is 0 Å². The summed E-state index contributed by atoms with van der Waals surface area (Å²) in [6.07, 6.45) is 1.58. The van der Waals surface area contributed by atoms with Gasteiger partial charge >= 0.3 is 0 Å². The number of carbonyl (C=O) groups excluding carboxylic acids is 2. The minimum atomic E-state index is -0.524. The summed E-state index contributed by atoms with van der Waals surface area (Å²) in [5.41, 5.74) is 10.4. The Kier molecular flexibility index (Phi) is 5.31. The molecule has 3 rings (SSSR count). The predicted molar refractivity (Wildman–Crippen MR) is 110 cm³/mol. The lowest BCUT2D eigenvalue weighted by atomic mass is 10.0. The van der Waals surface area contributed by atoms with Crippen LogP contribution in [0.25, 0.3) is 5.69 Å². The molecule has 0 aliphatic rings. The van der Waals surface area contributed by atoms with E-state index >= 15 is 0 Å². The van der Waals surface area contributed by atoms with Gasteiger partial charge in [-0.05, 0) is 49.6 Å². The third-order valence-electron chi connectivity index (χ3n) is 4.72. The van der Waals surface area contributed by atoms with Crippen molar-refractivity contribution in [2.75, 3.05) is 5.32 Å². The average Bonchev–Trinajstić information content (AvgIpc) is 3.09. The zero-order valence-electron chi connectivity index (χ0n) is 16.5. The van der Waals surface area contributed by atoms with Gasteiger partial charge in [-0.3, -0.25) is 9.59 Å². The highest BCUT2D eigenvalue weighted by Gasteiger charge is 2.22. The first-order chi connectivity index (χ1) is 13.3. The summed E-state index contributed by atoms with van der Waals surface area (Å²) in [6.45, 7) is 7.83. The molecule has 6 nitrogen and oxygen atoms in total. The smallest absolute Gasteiger partial charge is 0.259 e. The minimum absolute atomic E-state index is 0.0857. The first-order valence-electron chi connectivity index (χ1n) is 9.15. The molecule has 28 heavy (non-hydrogen) atoms. The molecule has 144 valence electrons. The van der Waals surface area contributed by atoms with Crippen LogP contribution in [0.15, 0.2) is 48.7 Å². The number of primary amides is 1. The second kappa shape index (κ2) is 7.68. The first kappa shape index (κ1) is 19.4. The molecule has 0 bridgehead atoms. The summed E-state index contributed by atoms with van der Waals surface area (Å²) in [5, 5.41) is 7.34. The van der Waals surface area contributed by atoms with Crippen molar-refractivity contribution in [3.05, 3.63) is 76.6 Å². The summed E-state index contributed by atoms with van der Waals surface area (Å²) in [5.74, 6) is -0.710. The Bertz CT molecular complexity index is 1030. The van der Waals surface area contributed by atoms with Gasteiger partial charge in [0.05, 0.1) is 23.1 Å². The lowest BCUT2D eigenvalue weighted by Gasteiger charge is -2.14. The number of hydrogen-bond donors (Lipinski definition) is 2. The number of benzene rings is 2. The molecule has 1 heterocycles. The number of anilines is 1. The number of nitrogens with two attached hydrogens (primary N) is 1. The third kappa shape index (κ3) is 3.67. The van der Waals surface area contributed by atoms with Gasteiger partial charge < -0.3 is 11.1 Å². The maximum Gasteiger partial charge on any atom is 0.259 e. The van der Waals surface area contributed by atoms with E-state index in [0.29, 0.717) is 22.4 Å². The number of hydrogen-bond acceptors (Lipinski definition) is 3. The van der Waals surface area contributed by atoms with Crippen molar-refractivity contribution in [2.24, 2.45) is 5.73 Å². The summed E-state index contributed by atoms with van der Waals surface area (Å²) in [6, 6.07) is 13.1. The molecule has 3 N–H and O–H groups in total. The molecule has 3 aromatic rings. The molecule has 0 radical (unpaired) electrons. The van der Waals surface area contributed by atoms with Crippen LogP contribution in [0, 0.1) is 13.8 Å². The predicted octanol–water partition coefficient (Wildman–Crippen LogP) is 3.96. The molecule has 2 aromatic carbocycles. The zero-order chi connectivity index (χ0) is 20.4. The summed E-state index contributed by atoms with van der Waals surface area (Å²) < 4.78 is 1.80. The Balaban J connectivity index is 1.98. The van der Waals surface area contributed by atoms with Gasteiger partial charge in [-0.15, -0.1) is 0 Å². The molecular weight excluding hydrogens is 352 g/mol. The number of aromatic nitrogens is 2. The second-order valence-corrected chi connectivity index (χ2v) is 7.14. The quantitative estimate of drug-likeness (QED) is 0.706. The van der Waals surface area contributed by atoms with Crippen LogP contribution < -0.4 is 11.1 Å². The summed E-state index contributed by atoms with van der Waals surface area (Å²) in [4.78, 5) is 24.5. The van der Waals surface area contributed by atoms with Crippen LogP contribution in [-0.2, 0) is 0 Å². The van der Waals surface area contributed by atoms with Crippen LogP contribution in [0.3, 0.4) is 0 Å². The minimum Gasteiger partial charge on any atom is -0.366 e. The van der Waals surface area contributed by atoms with Gasteiger partial charge in [0.25, 0.3) is 5.91 Å². The molecule has 0 aliphatic heterocycles. The summed E-state index contributed by atoms with van der Waals surface area (Å²) in [7, 11) is 0. The Hall–Kier alpha value is -3.41. The molecule has 1 aromatic heterocycles. The maximum atomic E-state index is 13.0. The van der Waals surface area contributed by atoms with E-state index in [1.165, 1.54) is 0 Å². The molecule has 0 atom stereocenters. The Morgan fingerprint density at radius 3 is 2.32 bits per heavy atom. The van der Waals surface area contributed by atoms with Gasteiger partial charge in [0, 0.05) is 11.3 Å². The average molecular weight is 376 g/mol. The number of nitrogens with one attached hydrogen (secondary N) is 1. The Morgan fingerprint density at radius 2 is 1.71 bits per heavy atom. The molecule has 0 spiro atoms. The van der Waals surface area contributed by atoms with Gasteiger partial charge in [-0.25, -0.2) is 4.68 Å². The molecule has 0 saturated carbocycles. The van der Waals surface area contributed by atoms with Crippen molar-refractivity contribution in [1.82, 2.24) is 9.78 Å². The molecule has 0 unspecified atom stereocenters. The van der Waals surface area contributed by atoms with Crippen molar-refractivity contribution in [1.29, 1.82) is 0 Å². The van der Waals surface area contributed by atoms with Crippen molar-refractivity contribution in [3.8, 4) is 5.69 Å². The SMILES string of the molecule is Cc1ccc(-n2ncc(C(=O)Nc3cccc(C(N)=O)c3C)c2C(C)C)cc1.